The Hall–Kier alpha value is -1.85. The maximum Gasteiger partial charge on any atom is 0.225 e. The van der Waals surface area contributed by atoms with Crippen molar-refractivity contribution in [2.45, 2.75) is 52.0 Å². The highest BCUT2D eigenvalue weighted by atomic mass is 16.2. The van der Waals surface area contributed by atoms with Crippen LogP contribution in [0.2, 0.25) is 0 Å². The molecule has 1 aliphatic heterocycles. The molecule has 0 unspecified atom stereocenters. The van der Waals surface area contributed by atoms with Crippen molar-refractivity contribution in [3.63, 3.8) is 0 Å². The van der Waals surface area contributed by atoms with Gasteiger partial charge in [-0.15, -0.1) is 0 Å². The van der Waals surface area contributed by atoms with Crippen LogP contribution in [0.4, 0.5) is 0 Å². The fraction of sp³-hybridized carbons (Fsp3) is 0.737. The van der Waals surface area contributed by atoms with E-state index >= 15 is 0 Å². The largest absolute Gasteiger partial charge is 0.346 e. The van der Waals surface area contributed by atoms with Gasteiger partial charge >= 0.3 is 0 Å². The molecule has 1 aromatic heterocycles. The fourth-order valence-corrected chi connectivity index (χ4v) is 3.75. The summed E-state index contributed by atoms with van der Waals surface area (Å²) in [6.45, 7) is 5.61. The summed E-state index contributed by atoms with van der Waals surface area (Å²) in [7, 11) is 1.95. The highest BCUT2D eigenvalue weighted by molar-refractivity contribution is 5.81. The first-order chi connectivity index (χ1) is 12.0. The van der Waals surface area contributed by atoms with Gasteiger partial charge in [-0.25, -0.2) is 4.98 Å². The molecule has 2 amide bonds. The van der Waals surface area contributed by atoms with Crippen LogP contribution >= 0.6 is 0 Å². The lowest BCUT2D eigenvalue weighted by Crippen LogP contribution is -2.47. The maximum atomic E-state index is 12.7. The van der Waals surface area contributed by atoms with Crippen LogP contribution in [0.1, 0.15) is 57.8 Å². The zero-order chi connectivity index (χ0) is 18.0. The number of aromatic nitrogens is 2. The SMILES string of the molecule is CC(C)[C@H](NC(=O)C1CCN(C(=O)C2CCC2)CC1)c1nccn1C. The Morgan fingerprint density at radius 1 is 1.16 bits per heavy atom. The van der Waals surface area contributed by atoms with E-state index in [1.54, 1.807) is 6.20 Å². The minimum Gasteiger partial charge on any atom is -0.346 e. The van der Waals surface area contributed by atoms with E-state index < -0.39 is 0 Å². The van der Waals surface area contributed by atoms with Gasteiger partial charge < -0.3 is 14.8 Å². The highest BCUT2D eigenvalue weighted by Gasteiger charge is 2.34. The molecule has 1 saturated carbocycles. The Kier molecular flexibility index (Phi) is 5.45. The van der Waals surface area contributed by atoms with Crippen molar-refractivity contribution in [2.75, 3.05) is 13.1 Å². The van der Waals surface area contributed by atoms with Crippen LogP contribution in [0.15, 0.2) is 12.4 Å². The van der Waals surface area contributed by atoms with Gasteiger partial charge in [-0.05, 0) is 31.6 Å². The second-order valence-electron chi connectivity index (χ2n) is 7.85. The summed E-state index contributed by atoms with van der Waals surface area (Å²) in [5, 5.41) is 3.19. The molecule has 0 spiro atoms. The molecule has 1 saturated heterocycles. The molecule has 0 aromatic carbocycles. The lowest BCUT2D eigenvalue weighted by atomic mass is 9.83. The molecule has 0 radical (unpaired) electrons. The van der Waals surface area contributed by atoms with Gasteiger partial charge in [0.2, 0.25) is 11.8 Å². The van der Waals surface area contributed by atoms with Crippen LogP contribution in [-0.4, -0.2) is 39.4 Å². The average molecular weight is 346 g/mol. The monoisotopic (exact) mass is 346 g/mol. The quantitative estimate of drug-likeness (QED) is 0.889. The van der Waals surface area contributed by atoms with Crippen LogP contribution in [-0.2, 0) is 16.6 Å². The molecule has 25 heavy (non-hydrogen) atoms. The van der Waals surface area contributed by atoms with Crippen molar-refractivity contribution < 1.29 is 9.59 Å². The number of aryl methyl sites for hydroxylation is 1. The van der Waals surface area contributed by atoms with Gasteiger partial charge in [0.05, 0.1) is 6.04 Å². The molecule has 1 N–H and O–H groups in total. The van der Waals surface area contributed by atoms with Gasteiger partial charge in [-0.1, -0.05) is 20.3 Å². The van der Waals surface area contributed by atoms with E-state index in [0.29, 0.717) is 19.0 Å². The van der Waals surface area contributed by atoms with Crippen LogP contribution in [0.3, 0.4) is 0 Å². The first-order valence-corrected chi connectivity index (χ1v) is 9.53. The predicted molar refractivity (Wildman–Crippen MR) is 95.6 cm³/mol. The standard InChI is InChI=1S/C19H30N4O2/c1-13(2)16(17-20-9-12-22(17)3)21-18(24)14-7-10-23(11-8-14)19(25)15-5-4-6-15/h9,12-16H,4-8,10-11H2,1-3H3,(H,21,24)/t16-/m0/s1. The lowest BCUT2D eigenvalue weighted by Gasteiger charge is -2.36. The van der Waals surface area contributed by atoms with Gasteiger partial charge in [-0.2, -0.15) is 0 Å². The number of hydrogen-bond acceptors (Lipinski definition) is 3. The van der Waals surface area contributed by atoms with E-state index in [4.69, 9.17) is 0 Å². The second-order valence-corrected chi connectivity index (χ2v) is 7.85. The van der Waals surface area contributed by atoms with Crippen molar-refractivity contribution in [3.05, 3.63) is 18.2 Å². The van der Waals surface area contributed by atoms with Crippen molar-refractivity contribution in [1.29, 1.82) is 0 Å². The summed E-state index contributed by atoms with van der Waals surface area (Å²) in [5.41, 5.74) is 0. The summed E-state index contributed by atoms with van der Waals surface area (Å²) in [6.07, 6.45) is 8.45. The van der Waals surface area contributed by atoms with Crippen molar-refractivity contribution in [2.24, 2.45) is 24.8 Å². The molecule has 1 aromatic rings. The molecule has 1 aliphatic carbocycles. The average Bonchev–Trinajstić information content (AvgIpc) is 2.96. The number of imidazole rings is 1. The smallest absolute Gasteiger partial charge is 0.225 e. The molecule has 2 fully saturated rings. The zero-order valence-electron chi connectivity index (χ0n) is 15.6. The fourth-order valence-electron chi connectivity index (χ4n) is 3.75. The summed E-state index contributed by atoms with van der Waals surface area (Å²) in [5.74, 6) is 1.80. The number of carbonyl (C=O) groups excluding carboxylic acids is 2. The van der Waals surface area contributed by atoms with Crippen molar-refractivity contribution >= 4 is 11.8 Å². The van der Waals surface area contributed by atoms with Gasteiger partial charge in [0, 0.05) is 44.4 Å². The lowest BCUT2D eigenvalue weighted by molar-refractivity contribution is -0.141. The van der Waals surface area contributed by atoms with E-state index in [1.165, 1.54) is 6.42 Å². The number of likely N-dealkylation sites (tertiary alicyclic amines) is 1. The van der Waals surface area contributed by atoms with Gasteiger partial charge in [-0.3, -0.25) is 9.59 Å². The Morgan fingerprint density at radius 2 is 1.84 bits per heavy atom. The number of piperidine rings is 1. The molecule has 6 nitrogen and oxygen atoms in total. The summed E-state index contributed by atoms with van der Waals surface area (Å²) < 4.78 is 1.96. The van der Waals surface area contributed by atoms with Gasteiger partial charge in [0.25, 0.3) is 0 Å². The molecular weight excluding hydrogens is 316 g/mol. The number of amides is 2. The van der Waals surface area contributed by atoms with Crippen LogP contribution in [0.5, 0.6) is 0 Å². The number of carbonyl (C=O) groups is 2. The predicted octanol–water partition coefficient (Wildman–Crippen LogP) is 2.27. The maximum absolute atomic E-state index is 12.7. The van der Waals surface area contributed by atoms with Crippen LogP contribution in [0.25, 0.3) is 0 Å². The molecule has 2 heterocycles. The van der Waals surface area contributed by atoms with E-state index in [-0.39, 0.29) is 29.7 Å². The van der Waals surface area contributed by atoms with Gasteiger partial charge in [0.1, 0.15) is 5.82 Å². The molecule has 0 bridgehead atoms. The minimum absolute atomic E-state index is 0.00745. The van der Waals surface area contributed by atoms with Crippen molar-refractivity contribution in [1.82, 2.24) is 19.8 Å². The summed E-state index contributed by atoms with van der Waals surface area (Å²) in [4.78, 5) is 31.4. The zero-order valence-corrected chi connectivity index (χ0v) is 15.6. The van der Waals surface area contributed by atoms with Crippen LogP contribution in [0, 0.1) is 17.8 Å². The van der Waals surface area contributed by atoms with Crippen LogP contribution < -0.4 is 5.32 Å². The summed E-state index contributed by atoms with van der Waals surface area (Å²) in [6, 6.07) is -0.0814. The number of hydrogen-bond donors (Lipinski definition) is 1. The molecule has 6 heteroatoms. The minimum atomic E-state index is -0.0814. The number of rotatable bonds is 5. The Bertz CT molecular complexity index is 613. The normalized spacial score (nSPS) is 20.4. The van der Waals surface area contributed by atoms with E-state index in [0.717, 1.165) is 31.5 Å². The third-order valence-corrected chi connectivity index (χ3v) is 5.73. The third kappa shape index (κ3) is 3.88. The molecule has 2 aliphatic rings. The highest BCUT2D eigenvalue weighted by Crippen LogP contribution is 2.30. The first kappa shape index (κ1) is 18.0. The van der Waals surface area contributed by atoms with E-state index in [9.17, 15) is 9.59 Å². The molecular formula is C19H30N4O2. The Labute approximate surface area is 150 Å². The molecule has 3 rings (SSSR count). The van der Waals surface area contributed by atoms with E-state index in [2.05, 4.69) is 24.1 Å². The Morgan fingerprint density at radius 3 is 2.32 bits per heavy atom. The topological polar surface area (TPSA) is 67.2 Å². The second kappa shape index (κ2) is 7.58. The molecule has 138 valence electrons. The van der Waals surface area contributed by atoms with Gasteiger partial charge in [0.15, 0.2) is 0 Å². The third-order valence-electron chi connectivity index (χ3n) is 5.73. The van der Waals surface area contributed by atoms with Crippen molar-refractivity contribution in [3.8, 4) is 0 Å². The molecule has 1 atom stereocenters. The van der Waals surface area contributed by atoms with E-state index in [1.807, 2.05) is 22.7 Å². The Balaban J connectivity index is 1.55. The number of nitrogens with one attached hydrogen (secondary N) is 1. The first-order valence-electron chi connectivity index (χ1n) is 9.53. The number of nitrogens with zero attached hydrogens (tertiary/aromatic N) is 3. The summed E-state index contributed by atoms with van der Waals surface area (Å²) >= 11 is 0.